The fraction of sp³-hybridized carbons (Fsp3) is 0.667. The van der Waals surface area contributed by atoms with E-state index in [-0.39, 0.29) is 5.91 Å². The summed E-state index contributed by atoms with van der Waals surface area (Å²) in [5.74, 6) is -1.37. The highest BCUT2D eigenvalue weighted by atomic mass is 16.4. The highest BCUT2D eigenvalue weighted by Gasteiger charge is 2.40. The number of aliphatic carboxylic acids is 1. The highest BCUT2D eigenvalue weighted by Crippen LogP contribution is 2.38. The van der Waals surface area contributed by atoms with Crippen LogP contribution in [-0.4, -0.2) is 38.2 Å². The monoisotopic (exact) mass is 293 g/mol. The molecule has 1 saturated heterocycles. The molecule has 21 heavy (non-hydrogen) atoms. The summed E-state index contributed by atoms with van der Waals surface area (Å²) in [5, 5.41) is 14.0. The van der Waals surface area contributed by atoms with Gasteiger partial charge in [-0.25, -0.2) is 0 Å². The van der Waals surface area contributed by atoms with E-state index in [2.05, 4.69) is 5.10 Å². The molecule has 0 spiro atoms. The molecular formula is C15H23N3O3. The van der Waals surface area contributed by atoms with Gasteiger partial charge in [0, 0.05) is 31.3 Å². The van der Waals surface area contributed by atoms with Crippen LogP contribution < -0.4 is 0 Å². The molecule has 2 atom stereocenters. The van der Waals surface area contributed by atoms with Gasteiger partial charge in [-0.15, -0.1) is 0 Å². The lowest BCUT2D eigenvalue weighted by atomic mass is 9.88. The smallest absolute Gasteiger partial charge is 0.308 e. The van der Waals surface area contributed by atoms with E-state index in [1.165, 1.54) is 0 Å². The molecule has 2 heterocycles. The molecule has 1 amide bonds. The van der Waals surface area contributed by atoms with Crippen LogP contribution in [0.25, 0.3) is 0 Å². The van der Waals surface area contributed by atoms with E-state index in [1.807, 2.05) is 27.8 Å². The van der Waals surface area contributed by atoms with E-state index < -0.39 is 17.9 Å². The number of hydrogen-bond acceptors (Lipinski definition) is 3. The van der Waals surface area contributed by atoms with Crippen molar-refractivity contribution >= 4 is 11.9 Å². The van der Waals surface area contributed by atoms with Crippen LogP contribution in [0.15, 0.2) is 0 Å². The van der Waals surface area contributed by atoms with Gasteiger partial charge in [0.2, 0.25) is 5.91 Å². The standard InChI is InChI=1S/C15H23N3O3/c1-5-18-12(19)8-6-7-11(15(20)21)14(18)13-9(2)16-17(4)10(13)3/h11,14H,5-8H2,1-4H3,(H,20,21). The van der Waals surface area contributed by atoms with Crippen molar-refractivity contribution in [1.29, 1.82) is 0 Å². The predicted molar refractivity (Wildman–Crippen MR) is 77.8 cm³/mol. The van der Waals surface area contributed by atoms with E-state index >= 15 is 0 Å². The van der Waals surface area contributed by atoms with Crippen LogP contribution in [0.4, 0.5) is 0 Å². The second kappa shape index (κ2) is 5.87. The number of amides is 1. The van der Waals surface area contributed by atoms with Crippen molar-refractivity contribution in [1.82, 2.24) is 14.7 Å². The Hall–Kier alpha value is -1.85. The molecule has 0 bridgehead atoms. The maximum absolute atomic E-state index is 12.3. The number of carboxylic acids is 1. The summed E-state index contributed by atoms with van der Waals surface area (Å²) in [7, 11) is 1.84. The summed E-state index contributed by atoms with van der Waals surface area (Å²) >= 11 is 0. The van der Waals surface area contributed by atoms with Crippen molar-refractivity contribution in [2.45, 2.75) is 46.1 Å². The lowest BCUT2D eigenvalue weighted by molar-refractivity contribution is -0.146. The fourth-order valence-corrected chi connectivity index (χ4v) is 3.35. The third-order valence-corrected chi connectivity index (χ3v) is 4.46. The van der Waals surface area contributed by atoms with Crippen LogP contribution in [0, 0.1) is 19.8 Å². The van der Waals surface area contributed by atoms with E-state index in [4.69, 9.17) is 0 Å². The van der Waals surface area contributed by atoms with Crippen molar-refractivity contribution < 1.29 is 14.7 Å². The zero-order chi connectivity index (χ0) is 15.7. The first kappa shape index (κ1) is 15.5. The molecular weight excluding hydrogens is 270 g/mol. The Labute approximate surface area is 124 Å². The van der Waals surface area contributed by atoms with Gasteiger partial charge in [0.25, 0.3) is 0 Å². The van der Waals surface area contributed by atoms with E-state index in [9.17, 15) is 14.7 Å². The normalized spacial score (nSPS) is 23.2. The number of nitrogens with zero attached hydrogens (tertiary/aromatic N) is 3. The summed E-state index contributed by atoms with van der Waals surface area (Å²) in [6.07, 6.45) is 1.57. The largest absolute Gasteiger partial charge is 0.481 e. The quantitative estimate of drug-likeness (QED) is 0.922. The van der Waals surface area contributed by atoms with Crippen LogP contribution in [0.2, 0.25) is 0 Å². The predicted octanol–water partition coefficient (Wildman–Crippen LogP) is 1.81. The number of likely N-dealkylation sites (tertiary alicyclic amines) is 1. The number of carbonyl (C=O) groups excluding carboxylic acids is 1. The second-order valence-corrected chi connectivity index (χ2v) is 5.67. The van der Waals surface area contributed by atoms with Gasteiger partial charge in [-0.05, 0) is 33.6 Å². The van der Waals surface area contributed by atoms with Crippen LogP contribution in [-0.2, 0) is 16.6 Å². The molecule has 2 unspecified atom stereocenters. The minimum Gasteiger partial charge on any atom is -0.481 e. The van der Waals surface area contributed by atoms with Crippen molar-refractivity contribution in [3.63, 3.8) is 0 Å². The zero-order valence-electron chi connectivity index (χ0n) is 13.1. The molecule has 116 valence electrons. The molecule has 1 aromatic heterocycles. The topological polar surface area (TPSA) is 75.4 Å². The van der Waals surface area contributed by atoms with Gasteiger partial charge in [-0.1, -0.05) is 0 Å². The van der Waals surface area contributed by atoms with Gasteiger partial charge in [0.1, 0.15) is 0 Å². The molecule has 0 aliphatic carbocycles. The highest BCUT2D eigenvalue weighted by molar-refractivity contribution is 5.80. The van der Waals surface area contributed by atoms with Crippen LogP contribution in [0.3, 0.4) is 0 Å². The van der Waals surface area contributed by atoms with Gasteiger partial charge in [0.05, 0.1) is 17.7 Å². The maximum atomic E-state index is 12.3. The molecule has 1 aliphatic rings. The van der Waals surface area contributed by atoms with E-state index in [0.29, 0.717) is 25.8 Å². The maximum Gasteiger partial charge on any atom is 0.308 e. The molecule has 1 fully saturated rings. The third-order valence-electron chi connectivity index (χ3n) is 4.46. The van der Waals surface area contributed by atoms with Crippen molar-refractivity contribution in [3.8, 4) is 0 Å². The zero-order valence-corrected chi connectivity index (χ0v) is 13.1. The SMILES string of the molecule is CCN1C(=O)CCCC(C(=O)O)C1c1c(C)nn(C)c1C. The average Bonchev–Trinajstić information content (AvgIpc) is 2.58. The van der Waals surface area contributed by atoms with E-state index in [1.54, 1.807) is 9.58 Å². The van der Waals surface area contributed by atoms with E-state index in [0.717, 1.165) is 17.0 Å². The summed E-state index contributed by atoms with van der Waals surface area (Å²) in [4.78, 5) is 25.8. The Bertz CT molecular complexity index is 563. The molecule has 0 saturated carbocycles. The molecule has 6 heteroatoms. The number of carbonyl (C=O) groups is 2. The molecule has 0 aromatic carbocycles. The van der Waals surface area contributed by atoms with Gasteiger partial charge in [-0.2, -0.15) is 5.10 Å². The summed E-state index contributed by atoms with van der Waals surface area (Å²) < 4.78 is 1.76. The second-order valence-electron chi connectivity index (χ2n) is 5.67. The lowest BCUT2D eigenvalue weighted by Gasteiger charge is -2.33. The Morgan fingerprint density at radius 3 is 2.57 bits per heavy atom. The van der Waals surface area contributed by atoms with Crippen LogP contribution in [0.1, 0.15) is 49.2 Å². The summed E-state index contributed by atoms with van der Waals surface area (Å²) in [6, 6.07) is -0.420. The minimum atomic E-state index is -0.837. The molecule has 1 aromatic rings. The first-order valence-corrected chi connectivity index (χ1v) is 7.40. The third kappa shape index (κ3) is 2.66. The molecule has 0 radical (unpaired) electrons. The molecule has 1 aliphatic heterocycles. The number of hydrogen-bond donors (Lipinski definition) is 1. The van der Waals surface area contributed by atoms with Gasteiger partial charge < -0.3 is 10.0 Å². The van der Waals surface area contributed by atoms with Gasteiger partial charge in [0.15, 0.2) is 0 Å². The summed E-state index contributed by atoms with van der Waals surface area (Å²) in [5.41, 5.74) is 2.62. The molecule has 6 nitrogen and oxygen atoms in total. The number of aromatic nitrogens is 2. The first-order valence-electron chi connectivity index (χ1n) is 7.40. The van der Waals surface area contributed by atoms with Crippen LogP contribution >= 0.6 is 0 Å². The molecule has 2 rings (SSSR count). The Morgan fingerprint density at radius 1 is 1.43 bits per heavy atom. The van der Waals surface area contributed by atoms with Gasteiger partial charge >= 0.3 is 5.97 Å². The Morgan fingerprint density at radius 2 is 2.10 bits per heavy atom. The van der Waals surface area contributed by atoms with Crippen LogP contribution in [0.5, 0.6) is 0 Å². The Kier molecular flexibility index (Phi) is 4.34. The van der Waals surface area contributed by atoms with Crippen molar-refractivity contribution in [3.05, 3.63) is 17.0 Å². The lowest BCUT2D eigenvalue weighted by Crippen LogP contribution is -2.39. The molecule has 1 N–H and O–H groups in total. The first-order chi connectivity index (χ1) is 9.88. The fourth-order valence-electron chi connectivity index (χ4n) is 3.35. The van der Waals surface area contributed by atoms with Crippen molar-refractivity contribution in [2.24, 2.45) is 13.0 Å². The minimum absolute atomic E-state index is 0.0360. The average molecular weight is 293 g/mol. The van der Waals surface area contributed by atoms with Crippen molar-refractivity contribution in [2.75, 3.05) is 6.54 Å². The Balaban J connectivity index is 2.59. The van der Waals surface area contributed by atoms with Gasteiger partial charge in [-0.3, -0.25) is 14.3 Å². The number of rotatable bonds is 3. The summed E-state index contributed by atoms with van der Waals surface area (Å²) in [6.45, 7) is 6.22. The number of aryl methyl sites for hydroxylation is 2. The number of carboxylic acid groups (broad SMARTS) is 1.